The van der Waals surface area contributed by atoms with Crippen molar-refractivity contribution in [2.45, 2.75) is 78.0 Å². The van der Waals surface area contributed by atoms with E-state index in [0.29, 0.717) is 46.4 Å². The lowest BCUT2D eigenvalue weighted by atomic mass is 9.94. The monoisotopic (exact) mass is 585 g/mol. The van der Waals surface area contributed by atoms with Crippen LogP contribution in [0.4, 0.5) is 5.82 Å². The van der Waals surface area contributed by atoms with E-state index in [4.69, 9.17) is 10.3 Å². The first kappa shape index (κ1) is 32.0. The summed E-state index contributed by atoms with van der Waals surface area (Å²) in [5.41, 5.74) is 8.49. The van der Waals surface area contributed by atoms with Crippen LogP contribution >= 0.6 is 0 Å². The molecule has 2 atom stereocenters. The number of aryl methyl sites for hydroxylation is 1. The van der Waals surface area contributed by atoms with Gasteiger partial charge in [-0.15, -0.1) is 0 Å². The van der Waals surface area contributed by atoms with Crippen molar-refractivity contribution in [2.24, 2.45) is 11.7 Å². The third-order valence-corrected chi connectivity index (χ3v) is 8.95. The molecule has 1 heterocycles. The summed E-state index contributed by atoms with van der Waals surface area (Å²) in [5, 5.41) is 14.2. The number of anilines is 1. The van der Waals surface area contributed by atoms with Crippen LogP contribution in [0.25, 0.3) is 11.1 Å². The molecule has 2 aromatic carbocycles. The molecule has 3 aromatic rings. The van der Waals surface area contributed by atoms with Gasteiger partial charge in [0.1, 0.15) is 12.3 Å². The summed E-state index contributed by atoms with van der Waals surface area (Å²) in [6, 6.07) is 11.0. The van der Waals surface area contributed by atoms with Crippen LogP contribution in [0.5, 0.6) is 0 Å². The van der Waals surface area contributed by atoms with E-state index in [2.05, 4.69) is 9.88 Å². The minimum Gasteiger partial charge on any atom is -0.392 e. The van der Waals surface area contributed by atoms with Crippen LogP contribution < -0.4 is 10.5 Å². The van der Waals surface area contributed by atoms with Crippen molar-refractivity contribution >= 4 is 27.7 Å². The molecule has 0 saturated heterocycles. The molecular weight excluding hydrogens is 544 g/mol. The van der Waals surface area contributed by atoms with E-state index >= 15 is 0 Å². The Morgan fingerprint density at radius 3 is 2.37 bits per heavy atom. The van der Waals surface area contributed by atoms with Gasteiger partial charge in [-0.2, -0.15) is 0 Å². The number of hydrogen-bond donors (Lipinski definition) is 3. The Morgan fingerprint density at radius 2 is 1.80 bits per heavy atom. The summed E-state index contributed by atoms with van der Waals surface area (Å²) in [4.78, 5) is 26.0. The number of hydrogen-bond acceptors (Lipinski definition) is 7. The number of primary amides is 1. The highest BCUT2D eigenvalue weighted by Gasteiger charge is 2.45. The number of sulfonamides is 1. The smallest absolute Gasteiger partial charge is 0.314 e. The molecule has 4 N–H and O–H groups in total. The number of nitrogens with one attached hydrogen (secondary N) is 1. The highest BCUT2D eigenvalue weighted by atomic mass is 32.2. The number of nitrogens with zero attached hydrogens (tertiary/aromatic N) is 2. The van der Waals surface area contributed by atoms with Gasteiger partial charge in [0.2, 0.25) is 0 Å². The Bertz CT molecular complexity index is 1510. The van der Waals surface area contributed by atoms with Crippen molar-refractivity contribution in [3.63, 3.8) is 0 Å². The molecule has 0 radical (unpaired) electrons. The molecule has 0 aliphatic rings. The molecular formula is C30H41N4O6S+. The highest BCUT2D eigenvalue weighted by molar-refractivity contribution is 7.92. The quantitative estimate of drug-likeness (QED) is 0.251. The molecule has 3 rings (SSSR count). The first-order chi connectivity index (χ1) is 19.3. The zero-order valence-corrected chi connectivity index (χ0v) is 25.4. The van der Waals surface area contributed by atoms with Crippen molar-refractivity contribution in [3.05, 3.63) is 64.9 Å². The zero-order chi connectivity index (χ0) is 30.5. The topological polar surface area (TPSA) is 153 Å². The van der Waals surface area contributed by atoms with E-state index in [1.807, 2.05) is 20.8 Å². The van der Waals surface area contributed by atoms with Crippen molar-refractivity contribution in [3.8, 4) is 11.1 Å². The third-order valence-electron chi connectivity index (χ3n) is 7.56. The van der Waals surface area contributed by atoms with Crippen molar-refractivity contribution < 1.29 is 32.1 Å². The van der Waals surface area contributed by atoms with Crippen molar-refractivity contribution in [2.75, 3.05) is 11.8 Å². The number of amides is 2. The molecule has 0 fully saturated rings. The average Bonchev–Trinajstić information content (AvgIpc) is 3.22. The fraction of sp³-hybridized carbons (Fsp3) is 0.433. The molecule has 222 valence electrons. The summed E-state index contributed by atoms with van der Waals surface area (Å²) < 4.78 is 34.3. The molecule has 11 heteroatoms. The lowest BCUT2D eigenvalue weighted by Crippen LogP contribution is -2.62. The van der Waals surface area contributed by atoms with Gasteiger partial charge in [0.25, 0.3) is 15.9 Å². The van der Waals surface area contributed by atoms with Gasteiger partial charge in [0.15, 0.2) is 11.9 Å². The number of aliphatic hydroxyl groups excluding tert-OH is 1. The summed E-state index contributed by atoms with van der Waals surface area (Å²) in [6.45, 7) is 8.95. The number of carbonyl (C=O) groups excluding carboxylic acids is 2. The Labute approximate surface area is 242 Å². The molecule has 1 aromatic heterocycles. The molecule has 1 unspecified atom stereocenters. The summed E-state index contributed by atoms with van der Waals surface area (Å²) >= 11 is 0. The van der Waals surface area contributed by atoms with E-state index < -0.39 is 22.0 Å². The van der Waals surface area contributed by atoms with Crippen LogP contribution in [-0.4, -0.2) is 48.1 Å². The van der Waals surface area contributed by atoms with E-state index in [1.54, 1.807) is 57.3 Å². The van der Waals surface area contributed by atoms with Crippen molar-refractivity contribution in [1.29, 1.82) is 0 Å². The van der Waals surface area contributed by atoms with Crippen molar-refractivity contribution in [1.82, 2.24) is 5.16 Å². The fourth-order valence-corrected chi connectivity index (χ4v) is 6.61. The first-order valence-corrected chi connectivity index (χ1v) is 15.2. The molecule has 10 nitrogen and oxygen atoms in total. The minimum atomic E-state index is -4.07. The Balaban J connectivity index is 2.06. The number of quaternary nitrogens is 1. The van der Waals surface area contributed by atoms with E-state index in [-0.39, 0.29) is 40.2 Å². The molecule has 41 heavy (non-hydrogen) atoms. The highest BCUT2D eigenvalue weighted by Crippen LogP contribution is 2.34. The number of aromatic nitrogens is 1. The van der Waals surface area contributed by atoms with Gasteiger partial charge < -0.3 is 15.4 Å². The largest absolute Gasteiger partial charge is 0.392 e. The Morgan fingerprint density at radius 1 is 1.12 bits per heavy atom. The van der Waals surface area contributed by atoms with Crippen LogP contribution in [0.2, 0.25) is 0 Å². The van der Waals surface area contributed by atoms with Gasteiger partial charge in [-0.25, -0.2) is 17.7 Å². The molecule has 0 aliphatic carbocycles. The second-order valence-corrected chi connectivity index (χ2v) is 12.6. The molecule has 0 saturated carbocycles. The second-order valence-electron chi connectivity index (χ2n) is 11.0. The standard InChI is InChI=1S/C30H40N4O6S/c1-7-8-13-27(36)34(6,28(19(2)3)29(31)37)17-22-14-15-24(23(16-22)18-35)25-11-9-10-12-26(25)41(38,39)33-30-20(4)21(5)40-32-30/h9-12,14-16,19,28,35H,7-8,13,17-18H2,1-6H3,(H2-,31,32,33,37)/p+1/t28-,34?/m0/s1. The maximum atomic E-state index is 13.5. The number of likely N-dealkylation sites (N-methyl/N-ethyl adjacent to an activating group) is 1. The van der Waals surface area contributed by atoms with Gasteiger partial charge >= 0.3 is 5.91 Å². The Kier molecular flexibility index (Phi) is 10.1. The van der Waals surface area contributed by atoms with Crippen LogP contribution in [0.3, 0.4) is 0 Å². The lowest BCUT2D eigenvalue weighted by molar-refractivity contribution is -0.868. The molecule has 0 spiro atoms. The molecule has 0 aliphatic heterocycles. The number of aliphatic hydroxyl groups is 1. The number of benzene rings is 2. The Hall–Kier alpha value is -3.54. The predicted molar refractivity (Wildman–Crippen MR) is 157 cm³/mol. The van der Waals surface area contributed by atoms with Gasteiger partial charge in [0, 0.05) is 22.6 Å². The normalized spacial score (nSPS) is 14.0. The number of carbonyl (C=O) groups is 2. The first-order valence-electron chi connectivity index (χ1n) is 13.7. The molecule has 0 bridgehead atoms. The van der Waals surface area contributed by atoms with Gasteiger partial charge in [-0.05, 0) is 43.5 Å². The summed E-state index contributed by atoms with van der Waals surface area (Å²) in [7, 11) is -2.33. The third kappa shape index (κ3) is 6.86. The summed E-state index contributed by atoms with van der Waals surface area (Å²) in [5.74, 6) is -0.200. The van der Waals surface area contributed by atoms with E-state index in [0.717, 1.165) is 6.42 Å². The summed E-state index contributed by atoms with van der Waals surface area (Å²) in [6.07, 6.45) is 1.85. The SMILES string of the molecule is CCCCC(=O)[N+](C)(Cc1ccc(-c2ccccc2S(=O)(=O)Nc2noc(C)c2C)c(CO)c1)[C@H](C(N)=O)C(C)C. The van der Waals surface area contributed by atoms with Crippen LogP contribution in [-0.2, 0) is 32.8 Å². The van der Waals surface area contributed by atoms with Crippen LogP contribution in [0.1, 0.15) is 62.5 Å². The minimum absolute atomic E-state index is 0.00599. The van der Waals surface area contributed by atoms with Crippen LogP contribution in [0, 0.1) is 19.8 Å². The van der Waals surface area contributed by atoms with E-state index in [9.17, 15) is 23.1 Å². The average molecular weight is 586 g/mol. The second kappa shape index (κ2) is 13.0. The number of rotatable bonds is 13. The van der Waals surface area contributed by atoms with Gasteiger partial charge in [-0.1, -0.05) is 62.7 Å². The maximum absolute atomic E-state index is 13.5. The van der Waals surface area contributed by atoms with Crippen LogP contribution in [0.15, 0.2) is 51.9 Å². The zero-order valence-electron chi connectivity index (χ0n) is 24.6. The van der Waals surface area contributed by atoms with Gasteiger partial charge in [-0.3, -0.25) is 9.52 Å². The fourth-order valence-electron chi connectivity index (χ4n) is 5.33. The predicted octanol–water partition coefficient (Wildman–Crippen LogP) is 4.42. The lowest BCUT2D eigenvalue weighted by Gasteiger charge is -2.39. The number of unbranched alkanes of at least 4 members (excludes halogenated alkanes) is 1. The molecule has 2 amide bonds. The van der Waals surface area contributed by atoms with E-state index in [1.165, 1.54) is 6.07 Å². The maximum Gasteiger partial charge on any atom is 0.314 e. The number of nitrogens with two attached hydrogens (primary N) is 1. The van der Waals surface area contributed by atoms with Gasteiger partial charge in [0.05, 0.1) is 25.0 Å².